The van der Waals surface area contributed by atoms with Gasteiger partial charge in [-0.05, 0) is 24.3 Å². The number of fused-ring (bicyclic) bond motifs is 1. The zero-order valence-corrected chi connectivity index (χ0v) is 14.7. The molecule has 1 heterocycles. The number of primary sulfonamides is 1. The number of aromatic nitrogens is 2. The number of anilines is 1. The number of sulfonamides is 1. The highest BCUT2D eigenvalue weighted by Gasteiger charge is 2.19. The van der Waals surface area contributed by atoms with Gasteiger partial charge >= 0.3 is 0 Å². The Kier molecular flexibility index (Phi) is 4.62. The van der Waals surface area contributed by atoms with Gasteiger partial charge in [0.25, 0.3) is 5.69 Å². The largest absolute Gasteiger partial charge is 0.379 e. The lowest BCUT2D eigenvalue weighted by Gasteiger charge is -2.08. The molecule has 2 aromatic carbocycles. The van der Waals surface area contributed by atoms with Gasteiger partial charge in [-0.1, -0.05) is 12.1 Å². The molecule has 0 aliphatic heterocycles. The van der Waals surface area contributed by atoms with Crippen molar-refractivity contribution in [3.63, 3.8) is 0 Å². The number of nitro groups is 1. The second kappa shape index (κ2) is 6.73. The van der Waals surface area contributed by atoms with E-state index < -0.39 is 14.9 Å². The van der Waals surface area contributed by atoms with Gasteiger partial charge in [-0.25, -0.2) is 18.5 Å². The minimum Gasteiger partial charge on any atom is -0.379 e. The first-order valence-corrected chi connectivity index (χ1v) is 9.27. The van der Waals surface area contributed by atoms with Gasteiger partial charge in [-0.3, -0.25) is 10.1 Å². The van der Waals surface area contributed by atoms with Crippen LogP contribution in [0.1, 0.15) is 5.82 Å². The Morgan fingerprint density at radius 3 is 2.65 bits per heavy atom. The fourth-order valence-corrected chi connectivity index (χ4v) is 3.25. The number of aryl methyl sites for hydroxylation is 1. The molecule has 0 unspecified atom stereocenters. The van der Waals surface area contributed by atoms with Crippen LogP contribution in [0.5, 0.6) is 0 Å². The van der Waals surface area contributed by atoms with Gasteiger partial charge in [0, 0.05) is 26.1 Å². The summed E-state index contributed by atoms with van der Waals surface area (Å²) in [6, 6.07) is 11.3. The molecule has 0 spiro atoms. The number of rotatable bonds is 6. The third-order valence-corrected chi connectivity index (χ3v) is 4.95. The summed E-state index contributed by atoms with van der Waals surface area (Å²) in [5, 5.41) is 19.2. The molecule has 0 bridgehead atoms. The third-order valence-electron chi connectivity index (χ3n) is 4.04. The van der Waals surface area contributed by atoms with Crippen LogP contribution in [0.2, 0.25) is 0 Å². The van der Waals surface area contributed by atoms with Crippen LogP contribution in [0, 0.1) is 10.1 Å². The minimum atomic E-state index is -4.01. The monoisotopic (exact) mass is 375 g/mol. The molecular formula is C16H17N5O4S. The van der Waals surface area contributed by atoms with E-state index >= 15 is 0 Å². The van der Waals surface area contributed by atoms with Crippen molar-refractivity contribution in [2.24, 2.45) is 12.2 Å². The van der Waals surface area contributed by atoms with E-state index in [4.69, 9.17) is 5.14 Å². The van der Waals surface area contributed by atoms with Crippen LogP contribution >= 0.6 is 0 Å². The predicted molar refractivity (Wildman–Crippen MR) is 97.4 cm³/mol. The average Bonchev–Trinajstić information content (AvgIpc) is 2.90. The van der Waals surface area contributed by atoms with E-state index in [9.17, 15) is 18.5 Å². The van der Waals surface area contributed by atoms with Crippen molar-refractivity contribution in [3.05, 3.63) is 58.4 Å². The van der Waals surface area contributed by atoms with E-state index in [1.165, 1.54) is 12.1 Å². The molecule has 0 atom stereocenters. The second-order valence-electron chi connectivity index (χ2n) is 5.73. The van der Waals surface area contributed by atoms with Gasteiger partial charge in [-0.2, -0.15) is 0 Å². The summed E-state index contributed by atoms with van der Waals surface area (Å²) in [5.74, 6) is 0.836. The van der Waals surface area contributed by atoms with Crippen LogP contribution in [-0.2, 0) is 23.5 Å². The molecule has 9 nitrogen and oxygen atoms in total. The lowest BCUT2D eigenvalue weighted by molar-refractivity contribution is -0.384. The summed E-state index contributed by atoms with van der Waals surface area (Å²) in [5.41, 5.74) is 1.77. The van der Waals surface area contributed by atoms with Gasteiger partial charge in [0.15, 0.2) is 0 Å². The summed E-state index contributed by atoms with van der Waals surface area (Å²) in [7, 11) is -2.09. The smallest absolute Gasteiger partial charge is 0.293 e. The fraction of sp³-hybridized carbons (Fsp3) is 0.188. The average molecular weight is 375 g/mol. The molecule has 0 radical (unpaired) electrons. The summed E-state index contributed by atoms with van der Waals surface area (Å²) in [4.78, 5) is 14.8. The molecule has 0 fully saturated rings. The normalized spacial score (nSPS) is 11.6. The van der Waals surface area contributed by atoms with Crippen molar-refractivity contribution in [2.75, 3.05) is 11.9 Å². The fourth-order valence-electron chi connectivity index (χ4n) is 2.72. The lowest BCUT2D eigenvalue weighted by atomic mass is 10.2. The SMILES string of the molecule is Cn1c(CCNc2ccc(S(N)(=O)=O)cc2[N+](=O)[O-])nc2ccccc21. The van der Waals surface area contributed by atoms with E-state index in [2.05, 4.69) is 10.3 Å². The molecule has 136 valence electrons. The molecule has 0 aliphatic rings. The molecule has 1 aromatic heterocycles. The zero-order chi connectivity index (χ0) is 18.9. The van der Waals surface area contributed by atoms with Crippen molar-refractivity contribution in [1.29, 1.82) is 0 Å². The standard InChI is InChI=1S/C16H17N5O4S/c1-20-14-5-3-2-4-13(14)19-16(20)8-9-18-12-7-6-11(26(17,24)25)10-15(12)21(22)23/h2-7,10,18H,8-9H2,1H3,(H2,17,24,25). The maximum Gasteiger partial charge on any atom is 0.293 e. The number of benzene rings is 2. The van der Waals surface area contributed by atoms with E-state index in [-0.39, 0.29) is 16.3 Å². The first kappa shape index (κ1) is 17.8. The van der Waals surface area contributed by atoms with Crippen molar-refractivity contribution < 1.29 is 13.3 Å². The number of nitro benzene ring substituents is 1. The Hall–Kier alpha value is -2.98. The Balaban J connectivity index is 1.79. The highest BCUT2D eigenvalue weighted by molar-refractivity contribution is 7.89. The molecule has 3 aromatic rings. The van der Waals surface area contributed by atoms with Crippen LogP contribution < -0.4 is 10.5 Å². The van der Waals surface area contributed by atoms with Crippen molar-refractivity contribution in [3.8, 4) is 0 Å². The molecule has 0 saturated heterocycles. The topological polar surface area (TPSA) is 133 Å². The number of nitrogens with one attached hydrogen (secondary N) is 1. The molecular weight excluding hydrogens is 358 g/mol. The van der Waals surface area contributed by atoms with E-state index in [0.29, 0.717) is 13.0 Å². The zero-order valence-electron chi connectivity index (χ0n) is 13.9. The lowest BCUT2D eigenvalue weighted by Crippen LogP contribution is -2.14. The van der Waals surface area contributed by atoms with Crippen molar-refractivity contribution in [1.82, 2.24) is 9.55 Å². The second-order valence-corrected chi connectivity index (χ2v) is 7.30. The Bertz CT molecular complexity index is 1090. The van der Waals surface area contributed by atoms with Crippen LogP contribution in [0.25, 0.3) is 11.0 Å². The van der Waals surface area contributed by atoms with Gasteiger partial charge in [0.2, 0.25) is 10.0 Å². The summed E-state index contributed by atoms with van der Waals surface area (Å²) in [6.07, 6.45) is 0.541. The summed E-state index contributed by atoms with van der Waals surface area (Å²) >= 11 is 0. The van der Waals surface area contributed by atoms with Crippen LogP contribution in [0.3, 0.4) is 0 Å². The first-order chi connectivity index (χ1) is 12.3. The number of nitrogens with two attached hydrogens (primary N) is 1. The Morgan fingerprint density at radius 1 is 1.27 bits per heavy atom. The molecule has 3 rings (SSSR count). The van der Waals surface area contributed by atoms with Gasteiger partial charge < -0.3 is 9.88 Å². The number of hydrogen-bond acceptors (Lipinski definition) is 6. The minimum absolute atomic E-state index is 0.223. The number of hydrogen-bond donors (Lipinski definition) is 2. The van der Waals surface area contributed by atoms with Crippen LogP contribution in [-0.4, -0.2) is 29.4 Å². The van der Waals surface area contributed by atoms with E-state index in [1.807, 2.05) is 35.9 Å². The van der Waals surface area contributed by atoms with E-state index in [0.717, 1.165) is 22.9 Å². The molecule has 10 heteroatoms. The molecule has 0 amide bonds. The maximum atomic E-state index is 11.4. The molecule has 3 N–H and O–H groups in total. The molecule has 0 saturated carbocycles. The summed E-state index contributed by atoms with van der Waals surface area (Å²) in [6.45, 7) is 0.396. The van der Waals surface area contributed by atoms with Crippen molar-refractivity contribution in [2.45, 2.75) is 11.3 Å². The van der Waals surface area contributed by atoms with Gasteiger partial charge in [0.1, 0.15) is 11.5 Å². The first-order valence-electron chi connectivity index (χ1n) is 7.73. The highest BCUT2D eigenvalue weighted by atomic mass is 32.2. The van der Waals surface area contributed by atoms with Gasteiger partial charge in [0.05, 0.1) is 20.9 Å². The Labute approximate surface area is 149 Å². The van der Waals surface area contributed by atoms with Gasteiger partial charge in [-0.15, -0.1) is 0 Å². The third kappa shape index (κ3) is 3.51. The molecule has 0 aliphatic carbocycles. The quantitative estimate of drug-likeness (QED) is 0.498. The number of para-hydroxylation sites is 2. The Morgan fingerprint density at radius 2 is 2.00 bits per heavy atom. The predicted octanol–water partition coefficient (Wildman–Crippen LogP) is 1.78. The molecule has 26 heavy (non-hydrogen) atoms. The van der Waals surface area contributed by atoms with Crippen LogP contribution in [0.15, 0.2) is 47.4 Å². The highest BCUT2D eigenvalue weighted by Crippen LogP contribution is 2.27. The maximum absolute atomic E-state index is 11.4. The van der Waals surface area contributed by atoms with Crippen LogP contribution in [0.4, 0.5) is 11.4 Å². The number of imidazole rings is 1. The summed E-state index contributed by atoms with van der Waals surface area (Å²) < 4.78 is 24.7. The van der Waals surface area contributed by atoms with E-state index in [1.54, 1.807) is 0 Å². The number of nitrogens with zero attached hydrogens (tertiary/aromatic N) is 3. The van der Waals surface area contributed by atoms with Crippen molar-refractivity contribution >= 4 is 32.4 Å².